The van der Waals surface area contributed by atoms with Gasteiger partial charge in [-0.2, -0.15) is 13.2 Å². The summed E-state index contributed by atoms with van der Waals surface area (Å²) >= 11 is 0. The summed E-state index contributed by atoms with van der Waals surface area (Å²) in [4.78, 5) is 19.3. The van der Waals surface area contributed by atoms with E-state index < -0.39 is 12.1 Å². The smallest absolute Gasteiger partial charge is 0.475 e. The van der Waals surface area contributed by atoms with Crippen molar-refractivity contribution in [2.24, 2.45) is 5.73 Å². The maximum atomic E-state index is 10.6. The lowest BCUT2D eigenvalue weighted by Gasteiger charge is -2.26. The maximum absolute atomic E-state index is 10.6. The highest BCUT2D eigenvalue weighted by Crippen LogP contribution is 2.13. The number of aliphatic carboxylic acids is 1. The Morgan fingerprint density at radius 1 is 1.42 bits per heavy atom. The van der Waals surface area contributed by atoms with Gasteiger partial charge in [-0.25, -0.2) is 4.79 Å². The summed E-state index contributed by atoms with van der Waals surface area (Å²) in [5.74, 6) is -3.01. The molecular formula is C10H16F3NO5. The molecule has 1 aliphatic heterocycles. The molecule has 1 fully saturated rings. The van der Waals surface area contributed by atoms with Crippen molar-refractivity contribution in [2.45, 2.75) is 38.1 Å². The van der Waals surface area contributed by atoms with Crippen LogP contribution >= 0.6 is 0 Å². The molecule has 0 saturated carbocycles. The van der Waals surface area contributed by atoms with Gasteiger partial charge in [0.05, 0.1) is 12.7 Å². The van der Waals surface area contributed by atoms with Gasteiger partial charge in [0, 0.05) is 13.0 Å². The molecule has 0 spiro atoms. The lowest BCUT2D eigenvalue weighted by Crippen LogP contribution is -2.37. The predicted molar refractivity (Wildman–Crippen MR) is 57.3 cm³/mol. The van der Waals surface area contributed by atoms with Crippen LogP contribution in [-0.4, -0.2) is 48.6 Å². The number of ether oxygens (including phenoxy) is 2. The summed E-state index contributed by atoms with van der Waals surface area (Å²) in [6.07, 6.45) is -3.20. The largest absolute Gasteiger partial charge is 0.490 e. The van der Waals surface area contributed by atoms with Crippen molar-refractivity contribution in [3.05, 3.63) is 0 Å². The van der Waals surface area contributed by atoms with Crippen LogP contribution in [0.4, 0.5) is 13.2 Å². The summed E-state index contributed by atoms with van der Waals surface area (Å²) in [5, 5.41) is 7.12. The standard InChI is InChI=1S/C8H15NO3.C2HF3O2/c1-6(10)11-5-8-3-2-7(9)4-12-8;3-2(4,5)1(6)7/h7-8H,2-5,9H2,1H3;(H,6,7)/t7-,8+;/m1./s1. The van der Waals surface area contributed by atoms with Crippen molar-refractivity contribution in [2.75, 3.05) is 13.2 Å². The van der Waals surface area contributed by atoms with Crippen LogP contribution < -0.4 is 5.73 Å². The summed E-state index contributed by atoms with van der Waals surface area (Å²) in [5.41, 5.74) is 5.62. The molecule has 0 aromatic rings. The van der Waals surface area contributed by atoms with Gasteiger partial charge in [0.15, 0.2) is 0 Å². The average Bonchev–Trinajstić information content (AvgIpc) is 2.27. The number of rotatable bonds is 2. The molecular weight excluding hydrogens is 271 g/mol. The third-order valence-corrected chi connectivity index (χ3v) is 2.12. The second-order valence-corrected chi connectivity index (χ2v) is 3.90. The zero-order chi connectivity index (χ0) is 15.1. The topological polar surface area (TPSA) is 98.9 Å². The third-order valence-electron chi connectivity index (χ3n) is 2.12. The number of halogens is 3. The summed E-state index contributed by atoms with van der Waals surface area (Å²) in [6, 6.07) is 0.151. The van der Waals surface area contributed by atoms with Gasteiger partial charge in [0.2, 0.25) is 0 Å². The van der Waals surface area contributed by atoms with Gasteiger partial charge < -0.3 is 20.3 Å². The van der Waals surface area contributed by atoms with E-state index in [9.17, 15) is 18.0 Å². The van der Waals surface area contributed by atoms with Crippen molar-refractivity contribution < 1.29 is 37.3 Å². The predicted octanol–water partition coefficient (Wildman–Crippen LogP) is 0.689. The molecule has 112 valence electrons. The highest BCUT2D eigenvalue weighted by atomic mass is 19.4. The highest BCUT2D eigenvalue weighted by molar-refractivity contribution is 5.73. The average molecular weight is 287 g/mol. The van der Waals surface area contributed by atoms with Crippen LogP contribution in [-0.2, 0) is 19.1 Å². The van der Waals surface area contributed by atoms with E-state index in [1.807, 2.05) is 0 Å². The number of hydrogen-bond donors (Lipinski definition) is 2. The van der Waals surface area contributed by atoms with Gasteiger partial charge in [0.25, 0.3) is 0 Å². The molecule has 6 nitrogen and oxygen atoms in total. The Morgan fingerprint density at radius 2 is 1.95 bits per heavy atom. The Labute approximate surface area is 107 Å². The number of nitrogens with two attached hydrogens (primary N) is 1. The molecule has 0 aromatic carbocycles. The Bertz CT molecular complexity index is 300. The summed E-state index contributed by atoms with van der Waals surface area (Å²) < 4.78 is 41.9. The SMILES string of the molecule is CC(=O)OC[C@@H]1CC[C@@H](N)CO1.O=C(O)C(F)(F)F. The van der Waals surface area contributed by atoms with E-state index in [0.29, 0.717) is 13.2 Å². The fraction of sp³-hybridized carbons (Fsp3) is 0.800. The second-order valence-electron chi connectivity index (χ2n) is 3.90. The van der Waals surface area contributed by atoms with E-state index in [1.54, 1.807) is 0 Å². The maximum Gasteiger partial charge on any atom is 0.490 e. The third kappa shape index (κ3) is 9.25. The van der Waals surface area contributed by atoms with Crippen molar-refractivity contribution in [3.8, 4) is 0 Å². The molecule has 9 heteroatoms. The van der Waals surface area contributed by atoms with Crippen LogP contribution in [0.1, 0.15) is 19.8 Å². The van der Waals surface area contributed by atoms with Crippen LogP contribution in [0.2, 0.25) is 0 Å². The first-order valence-electron chi connectivity index (χ1n) is 5.43. The Kier molecular flexibility index (Phi) is 7.38. The van der Waals surface area contributed by atoms with E-state index >= 15 is 0 Å². The molecule has 0 bridgehead atoms. The zero-order valence-corrected chi connectivity index (χ0v) is 10.3. The van der Waals surface area contributed by atoms with E-state index in [2.05, 4.69) is 0 Å². The van der Waals surface area contributed by atoms with Gasteiger partial charge in [-0.3, -0.25) is 4.79 Å². The first-order chi connectivity index (χ1) is 8.62. The Hall–Kier alpha value is -1.35. The summed E-state index contributed by atoms with van der Waals surface area (Å²) in [6.45, 7) is 2.34. The quantitative estimate of drug-likeness (QED) is 0.725. The monoisotopic (exact) mass is 287 g/mol. The van der Waals surface area contributed by atoms with Gasteiger partial charge in [-0.15, -0.1) is 0 Å². The number of carboxylic acid groups (broad SMARTS) is 1. The molecule has 2 atom stereocenters. The normalized spacial score (nSPS) is 23.0. The molecule has 19 heavy (non-hydrogen) atoms. The number of carbonyl (C=O) groups excluding carboxylic acids is 1. The fourth-order valence-electron chi connectivity index (χ4n) is 1.17. The van der Waals surface area contributed by atoms with Crippen molar-refractivity contribution in [3.63, 3.8) is 0 Å². The number of alkyl halides is 3. The fourth-order valence-corrected chi connectivity index (χ4v) is 1.17. The van der Waals surface area contributed by atoms with Gasteiger partial charge in [-0.1, -0.05) is 0 Å². The van der Waals surface area contributed by atoms with E-state index in [4.69, 9.17) is 25.1 Å². The van der Waals surface area contributed by atoms with Crippen LogP contribution in [0, 0.1) is 0 Å². The minimum Gasteiger partial charge on any atom is -0.475 e. The molecule has 1 heterocycles. The first kappa shape index (κ1) is 17.6. The molecule has 3 N–H and O–H groups in total. The van der Waals surface area contributed by atoms with Gasteiger partial charge in [0.1, 0.15) is 6.61 Å². The number of carboxylic acids is 1. The molecule has 0 aliphatic carbocycles. The lowest BCUT2D eigenvalue weighted by atomic mass is 10.1. The van der Waals surface area contributed by atoms with Crippen molar-refractivity contribution in [1.82, 2.24) is 0 Å². The zero-order valence-electron chi connectivity index (χ0n) is 10.3. The van der Waals surface area contributed by atoms with Crippen molar-refractivity contribution in [1.29, 1.82) is 0 Å². The molecule has 1 rings (SSSR count). The minimum atomic E-state index is -5.08. The highest BCUT2D eigenvalue weighted by Gasteiger charge is 2.38. The second kappa shape index (κ2) is 7.95. The first-order valence-corrected chi connectivity index (χ1v) is 5.43. The Balaban J connectivity index is 0.000000399. The van der Waals surface area contributed by atoms with Crippen LogP contribution in [0.15, 0.2) is 0 Å². The van der Waals surface area contributed by atoms with E-state index in [0.717, 1.165) is 12.8 Å². The van der Waals surface area contributed by atoms with Gasteiger partial charge >= 0.3 is 18.1 Å². The molecule has 0 amide bonds. The number of esters is 1. The van der Waals surface area contributed by atoms with E-state index in [-0.39, 0.29) is 18.1 Å². The van der Waals surface area contributed by atoms with Crippen LogP contribution in [0.25, 0.3) is 0 Å². The lowest BCUT2D eigenvalue weighted by molar-refractivity contribution is -0.192. The van der Waals surface area contributed by atoms with Gasteiger partial charge in [-0.05, 0) is 12.8 Å². The molecule has 0 unspecified atom stereocenters. The van der Waals surface area contributed by atoms with E-state index in [1.165, 1.54) is 6.92 Å². The molecule has 0 radical (unpaired) electrons. The number of hydrogen-bond acceptors (Lipinski definition) is 5. The molecule has 1 saturated heterocycles. The molecule has 1 aliphatic rings. The minimum absolute atomic E-state index is 0.0497. The summed E-state index contributed by atoms with van der Waals surface area (Å²) in [7, 11) is 0. The van der Waals surface area contributed by atoms with Crippen molar-refractivity contribution >= 4 is 11.9 Å². The van der Waals surface area contributed by atoms with Crippen LogP contribution in [0.5, 0.6) is 0 Å². The Morgan fingerprint density at radius 3 is 2.26 bits per heavy atom. The molecule has 0 aromatic heterocycles. The van der Waals surface area contributed by atoms with Crippen LogP contribution in [0.3, 0.4) is 0 Å². The number of carbonyl (C=O) groups is 2.